The molecule has 0 radical (unpaired) electrons. The van der Waals surface area contributed by atoms with Crippen LogP contribution < -0.4 is 20.0 Å². The molecule has 2 atom stereocenters. The van der Waals surface area contributed by atoms with E-state index in [0.29, 0.717) is 5.75 Å². The molecule has 1 fully saturated rings. The zero-order valence-electron chi connectivity index (χ0n) is 19.6. The lowest BCUT2D eigenvalue weighted by Gasteiger charge is -2.48. The largest absolute Gasteiger partial charge is 0.497 e. The first-order valence-corrected chi connectivity index (χ1v) is 13.1. The molecule has 1 saturated heterocycles. The van der Waals surface area contributed by atoms with Gasteiger partial charge in [-0.15, -0.1) is 0 Å². The number of methoxy groups -OCH3 is 1. The Balaban J connectivity index is 1.70. The monoisotopic (exact) mass is 461 g/mol. The highest BCUT2D eigenvalue weighted by molar-refractivity contribution is 6.99. The molecule has 0 saturated carbocycles. The van der Waals surface area contributed by atoms with Crippen molar-refractivity contribution in [3.05, 3.63) is 84.9 Å². The number of anilines is 1. The highest BCUT2D eigenvalue weighted by Crippen LogP contribution is 2.38. The van der Waals surface area contributed by atoms with Gasteiger partial charge in [0, 0.05) is 5.69 Å². The molecule has 33 heavy (non-hydrogen) atoms. The third-order valence-corrected chi connectivity index (χ3v) is 11.4. The van der Waals surface area contributed by atoms with Crippen molar-refractivity contribution in [1.29, 1.82) is 0 Å². The Hall–Kier alpha value is -2.93. The number of hydrogen-bond donors (Lipinski definition) is 1. The van der Waals surface area contributed by atoms with Crippen LogP contribution in [0.1, 0.15) is 20.8 Å². The van der Waals surface area contributed by atoms with Crippen LogP contribution in [0.4, 0.5) is 5.69 Å². The lowest BCUT2D eigenvalue weighted by atomic mass is 9.98. The minimum Gasteiger partial charge on any atom is -0.497 e. The smallest absolute Gasteiger partial charge is 0.261 e. The van der Waals surface area contributed by atoms with Crippen molar-refractivity contribution in [2.24, 2.45) is 0 Å². The summed E-state index contributed by atoms with van der Waals surface area (Å²) in [4.78, 5) is 14.2. The normalized spacial score (nSPS) is 18.7. The molecular formula is C27H31NO4Si. The van der Waals surface area contributed by atoms with Gasteiger partial charge in [0.15, 0.2) is 6.10 Å². The topological polar surface area (TPSA) is 59.0 Å². The van der Waals surface area contributed by atoms with E-state index in [2.05, 4.69) is 45.0 Å². The van der Waals surface area contributed by atoms with Crippen LogP contribution in [0.2, 0.25) is 5.04 Å². The van der Waals surface area contributed by atoms with Crippen molar-refractivity contribution >= 4 is 30.3 Å². The predicted molar refractivity (Wildman–Crippen MR) is 134 cm³/mol. The third kappa shape index (κ3) is 4.10. The van der Waals surface area contributed by atoms with E-state index in [9.17, 15) is 9.90 Å². The van der Waals surface area contributed by atoms with Crippen LogP contribution in [0.15, 0.2) is 84.9 Å². The number of ether oxygens (including phenoxy) is 1. The van der Waals surface area contributed by atoms with E-state index in [1.54, 1.807) is 12.0 Å². The van der Waals surface area contributed by atoms with Gasteiger partial charge in [0.05, 0.1) is 19.8 Å². The summed E-state index contributed by atoms with van der Waals surface area (Å²) in [6.45, 7) is 6.88. The molecule has 0 spiro atoms. The van der Waals surface area contributed by atoms with E-state index >= 15 is 0 Å². The summed E-state index contributed by atoms with van der Waals surface area (Å²) in [5.74, 6) is 0.406. The second-order valence-electron chi connectivity index (χ2n) is 9.39. The minimum atomic E-state index is -2.76. The average Bonchev–Trinajstić information content (AvgIpc) is 2.84. The SMILES string of the molecule is COc1ccc(N2C(=O)[C@H](O)[C@H]2CO[Si](c2ccccc2)(c2ccccc2)C(C)(C)C)cc1. The summed E-state index contributed by atoms with van der Waals surface area (Å²) in [7, 11) is -1.16. The number of hydrogen-bond acceptors (Lipinski definition) is 4. The fraction of sp³-hybridized carbons (Fsp3) is 0.296. The van der Waals surface area contributed by atoms with Crippen molar-refractivity contribution < 1.29 is 19.1 Å². The molecule has 1 N–H and O–H groups in total. The number of rotatable bonds is 7. The van der Waals surface area contributed by atoms with Crippen molar-refractivity contribution in [2.75, 3.05) is 18.6 Å². The van der Waals surface area contributed by atoms with Gasteiger partial charge in [-0.1, -0.05) is 81.4 Å². The molecule has 3 aromatic carbocycles. The Kier molecular flexibility index (Phi) is 6.43. The molecule has 3 aromatic rings. The summed E-state index contributed by atoms with van der Waals surface area (Å²) < 4.78 is 12.2. The number of β-lactam (4-membered cyclic amide) rings is 1. The number of nitrogens with zero attached hydrogens (tertiary/aromatic N) is 1. The van der Waals surface area contributed by atoms with Crippen LogP contribution in [0, 0.1) is 0 Å². The maximum atomic E-state index is 12.6. The maximum absolute atomic E-state index is 12.6. The summed E-state index contributed by atoms with van der Waals surface area (Å²) in [6, 6.07) is 27.6. The summed E-state index contributed by atoms with van der Waals surface area (Å²) >= 11 is 0. The molecule has 0 unspecified atom stereocenters. The number of aliphatic hydroxyl groups excluding tert-OH is 1. The second kappa shape index (κ2) is 9.13. The first-order chi connectivity index (χ1) is 15.8. The Bertz CT molecular complexity index is 1040. The van der Waals surface area contributed by atoms with Crippen LogP contribution in [0.3, 0.4) is 0 Å². The summed E-state index contributed by atoms with van der Waals surface area (Å²) in [6.07, 6.45) is -1.08. The second-order valence-corrected chi connectivity index (χ2v) is 13.7. The van der Waals surface area contributed by atoms with Gasteiger partial charge in [-0.05, 0) is 39.7 Å². The Morgan fingerprint density at radius 2 is 1.39 bits per heavy atom. The average molecular weight is 462 g/mol. The molecule has 172 valence electrons. The molecule has 0 aliphatic carbocycles. The van der Waals surface area contributed by atoms with Gasteiger partial charge in [-0.2, -0.15) is 0 Å². The summed E-state index contributed by atoms with van der Waals surface area (Å²) in [5, 5.41) is 12.7. The molecule has 6 heteroatoms. The van der Waals surface area contributed by atoms with Gasteiger partial charge in [-0.25, -0.2) is 0 Å². The lowest BCUT2D eigenvalue weighted by molar-refractivity contribution is -0.137. The molecule has 1 amide bonds. The van der Waals surface area contributed by atoms with E-state index < -0.39 is 20.5 Å². The molecular weight excluding hydrogens is 430 g/mol. The number of carbonyl (C=O) groups is 1. The standard InChI is InChI=1S/C27H31NO4Si/c1-27(2,3)33(22-11-7-5-8-12-22,23-13-9-6-10-14-23)32-19-24-25(29)26(30)28(24)20-15-17-21(31-4)18-16-20/h5-18,24-25,29H,19H2,1-4H3/t24-,25-/m1/s1. The van der Waals surface area contributed by atoms with Gasteiger partial charge in [0.1, 0.15) is 5.75 Å². The van der Waals surface area contributed by atoms with Gasteiger partial charge in [-0.3, -0.25) is 4.79 Å². The van der Waals surface area contributed by atoms with E-state index in [1.165, 1.54) is 10.4 Å². The van der Waals surface area contributed by atoms with Crippen LogP contribution in [0.25, 0.3) is 0 Å². The number of aliphatic hydroxyl groups is 1. The quantitative estimate of drug-likeness (QED) is 0.433. The van der Waals surface area contributed by atoms with Crippen molar-refractivity contribution in [3.8, 4) is 5.75 Å². The molecule has 5 nitrogen and oxygen atoms in total. The van der Waals surface area contributed by atoms with E-state index in [0.717, 1.165) is 5.69 Å². The summed E-state index contributed by atoms with van der Waals surface area (Å²) in [5.41, 5.74) is 0.724. The highest BCUT2D eigenvalue weighted by Gasteiger charge is 2.53. The maximum Gasteiger partial charge on any atom is 0.261 e. The lowest BCUT2D eigenvalue weighted by Crippen LogP contribution is -2.71. The Morgan fingerprint density at radius 3 is 1.85 bits per heavy atom. The molecule has 1 aliphatic heterocycles. The Morgan fingerprint density at radius 1 is 0.879 bits per heavy atom. The van der Waals surface area contributed by atoms with Gasteiger partial charge in [0.25, 0.3) is 14.2 Å². The molecule has 4 rings (SSSR count). The van der Waals surface area contributed by atoms with Gasteiger partial charge in [0.2, 0.25) is 0 Å². The van der Waals surface area contributed by atoms with Crippen LogP contribution in [-0.2, 0) is 9.22 Å². The number of carbonyl (C=O) groups excluding carboxylic acids is 1. The molecule has 1 aliphatic rings. The van der Waals surface area contributed by atoms with Gasteiger partial charge < -0.3 is 19.2 Å². The van der Waals surface area contributed by atoms with Crippen LogP contribution >= 0.6 is 0 Å². The molecule has 0 aromatic heterocycles. The molecule has 1 heterocycles. The first-order valence-electron chi connectivity index (χ1n) is 11.2. The Labute approximate surface area is 196 Å². The van der Waals surface area contributed by atoms with E-state index in [-0.39, 0.29) is 17.6 Å². The number of benzene rings is 3. The first kappa shape index (κ1) is 23.2. The van der Waals surface area contributed by atoms with E-state index in [1.807, 2.05) is 60.7 Å². The fourth-order valence-electron chi connectivity index (χ4n) is 4.73. The third-order valence-electron chi connectivity index (χ3n) is 6.42. The number of amides is 1. The zero-order chi connectivity index (χ0) is 23.6. The van der Waals surface area contributed by atoms with Crippen LogP contribution in [0.5, 0.6) is 5.75 Å². The van der Waals surface area contributed by atoms with Crippen molar-refractivity contribution in [1.82, 2.24) is 0 Å². The van der Waals surface area contributed by atoms with Crippen molar-refractivity contribution in [3.63, 3.8) is 0 Å². The minimum absolute atomic E-state index is 0.181. The highest BCUT2D eigenvalue weighted by atomic mass is 28.4. The molecule has 0 bridgehead atoms. The van der Waals surface area contributed by atoms with Gasteiger partial charge >= 0.3 is 0 Å². The van der Waals surface area contributed by atoms with Crippen molar-refractivity contribution in [2.45, 2.75) is 38.0 Å². The fourth-order valence-corrected chi connectivity index (χ4v) is 9.30. The van der Waals surface area contributed by atoms with Crippen LogP contribution in [-0.4, -0.2) is 45.2 Å². The zero-order valence-corrected chi connectivity index (χ0v) is 20.6. The predicted octanol–water partition coefficient (Wildman–Crippen LogP) is 3.35. The van der Waals surface area contributed by atoms with E-state index in [4.69, 9.17) is 9.16 Å².